The van der Waals surface area contributed by atoms with Crippen LogP contribution in [0.4, 0.5) is 0 Å². The molecule has 2 heterocycles. The average molecular weight is 255 g/mol. The molecule has 0 amide bonds. The molecule has 4 heteroatoms. The molecule has 4 nitrogen and oxygen atoms in total. The first-order chi connectivity index (χ1) is 9.36. The van der Waals surface area contributed by atoms with Crippen molar-refractivity contribution >= 4 is 0 Å². The van der Waals surface area contributed by atoms with Crippen LogP contribution in [0.15, 0.2) is 36.7 Å². The zero-order chi connectivity index (χ0) is 13.1. The molecule has 1 aliphatic rings. The molecular formula is C15H17N3O. The molecule has 2 aromatic rings. The van der Waals surface area contributed by atoms with E-state index in [4.69, 9.17) is 4.74 Å². The first kappa shape index (κ1) is 12.1. The average Bonchev–Trinajstić information content (AvgIpc) is 2.48. The minimum Gasteiger partial charge on any atom is -0.493 e. The molecule has 0 saturated heterocycles. The van der Waals surface area contributed by atoms with E-state index in [-0.39, 0.29) is 5.92 Å². The molecule has 1 N–H and O–H groups in total. The van der Waals surface area contributed by atoms with Crippen molar-refractivity contribution in [2.45, 2.75) is 18.9 Å². The van der Waals surface area contributed by atoms with Crippen LogP contribution in [0.3, 0.4) is 0 Å². The summed E-state index contributed by atoms with van der Waals surface area (Å²) in [6, 6.07) is 8.17. The maximum atomic E-state index is 5.78. The highest BCUT2D eigenvalue weighted by Crippen LogP contribution is 2.30. The number of aromatic nitrogens is 2. The van der Waals surface area contributed by atoms with Crippen molar-refractivity contribution < 1.29 is 4.74 Å². The summed E-state index contributed by atoms with van der Waals surface area (Å²) in [6.45, 7) is 1.45. The molecule has 1 aromatic carbocycles. The molecule has 0 fully saturated rings. The van der Waals surface area contributed by atoms with E-state index in [1.54, 1.807) is 0 Å². The molecule has 0 saturated carbocycles. The summed E-state index contributed by atoms with van der Waals surface area (Å²) in [5.41, 5.74) is 2.34. The number of hydrogen-bond donors (Lipinski definition) is 1. The second-order valence-corrected chi connectivity index (χ2v) is 4.80. The summed E-state index contributed by atoms with van der Waals surface area (Å²) in [5.74, 6) is 2.11. The highest BCUT2D eigenvalue weighted by atomic mass is 16.5. The van der Waals surface area contributed by atoms with Crippen molar-refractivity contribution in [2.75, 3.05) is 13.7 Å². The Balaban J connectivity index is 1.77. The van der Waals surface area contributed by atoms with Gasteiger partial charge in [-0.05, 0) is 25.1 Å². The molecule has 1 aromatic heterocycles. The second kappa shape index (κ2) is 5.36. The van der Waals surface area contributed by atoms with Gasteiger partial charge in [0.2, 0.25) is 0 Å². The zero-order valence-electron chi connectivity index (χ0n) is 11.0. The van der Waals surface area contributed by atoms with Gasteiger partial charge in [0, 0.05) is 24.5 Å². The number of fused-ring (bicyclic) bond motifs is 1. The van der Waals surface area contributed by atoms with Gasteiger partial charge < -0.3 is 10.1 Å². The van der Waals surface area contributed by atoms with Crippen LogP contribution < -0.4 is 10.1 Å². The minimum atomic E-state index is 0.249. The molecule has 98 valence electrons. The first-order valence-corrected chi connectivity index (χ1v) is 6.53. The number of nitrogens with one attached hydrogen (secondary N) is 1. The Bertz CT molecular complexity index is 554. The number of hydrogen-bond acceptors (Lipinski definition) is 4. The summed E-state index contributed by atoms with van der Waals surface area (Å²) in [4.78, 5) is 8.93. The van der Waals surface area contributed by atoms with Gasteiger partial charge >= 0.3 is 0 Å². The maximum absolute atomic E-state index is 5.78. The van der Waals surface area contributed by atoms with Gasteiger partial charge in [0.15, 0.2) is 0 Å². The molecule has 1 unspecified atom stereocenters. The van der Waals surface area contributed by atoms with Crippen LogP contribution >= 0.6 is 0 Å². The van der Waals surface area contributed by atoms with Gasteiger partial charge in [-0.3, -0.25) is 0 Å². The van der Waals surface area contributed by atoms with Gasteiger partial charge in [-0.2, -0.15) is 0 Å². The molecule has 0 radical (unpaired) electrons. The van der Waals surface area contributed by atoms with E-state index in [2.05, 4.69) is 21.4 Å². The molecule has 1 aliphatic heterocycles. The first-order valence-electron chi connectivity index (χ1n) is 6.53. The lowest BCUT2D eigenvalue weighted by molar-refractivity contribution is 0.257. The Labute approximate surface area is 112 Å². The van der Waals surface area contributed by atoms with E-state index in [0.29, 0.717) is 6.61 Å². The fourth-order valence-electron chi connectivity index (χ4n) is 2.36. The standard InChI is InChI=1S/C15H17N3O/c1-16-7-11-8-17-15(18-9-11)13-6-12-4-2-3-5-14(12)19-10-13/h2-5,8-9,13,16H,6-7,10H2,1H3. The lowest BCUT2D eigenvalue weighted by atomic mass is 9.96. The Morgan fingerprint density at radius 3 is 2.84 bits per heavy atom. The third kappa shape index (κ3) is 2.58. The van der Waals surface area contributed by atoms with Crippen molar-refractivity contribution in [2.24, 2.45) is 0 Å². The van der Waals surface area contributed by atoms with Crippen LogP contribution in [-0.2, 0) is 13.0 Å². The highest BCUT2D eigenvalue weighted by molar-refractivity contribution is 5.36. The molecule has 0 spiro atoms. The van der Waals surface area contributed by atoms with Gasteiger partial charge in [0.1, 0.15) is 11.6 Å². The molecule has 3 rings (SSSR count). The third-order valence-electron chi connectivity index (χ3n) is 3.35. The Morgan fingerprint density at radius 1 is 1.26 bits per heavy atom. The summed E-state index contributed by atoms with van der Waals surface area (Å²) < 4.78 is 5.78. The van der Waals surface area contributed by atoms with E-state index in [1.807, 2.05) is 37.6 Å². The Kier molecular flexibility index (Phi) is 3.42. The topological polar surface area (TPSA) is 47.0 Å². The molecular weight excluding hydrogens is 238 g/mol. The fourth-order valence-corrected chi connectivity index (χ4v) is 2.36. The summed E-state index contributed by atoms with van der Waals surface area (Å²) in [6.07, 6.45) is 4.72. The van der Waals surface area contributed by atoms with Crippen molar-refractivity contribution in [3.8, 4) is 5.75 Å². The fraction of sp³-hybridized carbons (Fsp3) is 0.333. The predicted molar refractivity (Wildman–Crippen MR) is 73.2 cm³/mol. The van der Waals surface area contributed by atoms with Gasteiger partial charge in [-0.25, -0.2) is 9.97 Å². The summed E-state index contributed by atoms with van der Waals surface area (Å²) in [7, 11) is 1.92. The van der Waals surface area contributed by atoms with E-state index in [0.717, 1.165) is 30.1 Å². The molecule has 1 atom stereocenters. The third-order valence-corrected chi connectivity index (χ3v) is 3.35. The zero-order valence-corrected chi connectivity index (χ0v) is 11.0. The normalized spacial score (nSPS) is 17.6. The summed E-state index contributed by atoms with van der Waals surface area (Å²) in [5, 5.41) is 3.09. The van der Waals surface area contributed by atoms with Gasteiger partial charge in [-0.1, -0.05) is 18.2 Å². The predicted octanol–water partition coefficient (Wildman–Crippen LogP) is 1.91. The number of benzene rings is 1. The number of nitrogens with zero attached hydrogens (tertiary/aromatic N) is 2. The quantitative estimate of drug-likeness (QED) is 0.910. The Morgan fingerprint density at radius 2 is 2.05 bits per heavy atom. The van der Waals surface area contributed by atoms with Crippen LogP contribution in [0.25, 0.3) is 0 Å². The van der Waals surface area contributed by atoms with Crippen LogP contribution in [0.1, 0.15) is 22.9 Å². The second-order valence-electron chi connectivity index (χ2n) is 4.80. The molecule has 0 bridgehead atoms. The number of para-hydroxylation sites is 1. The Hall–Kier alpha value is -1.94. The van der Waals surface area contributed by atoms with Crippen LogP contribution in [0.5, 0.6) is 5.75 Å². The smallest absolute Gasteiger partial charge is 0.135 e. The van der Waals surface area contributed by atoms with E-state index >= 15 is 0 Å². The monoisotopic (exact) mass is 255 g/mol. The summed E-state index contributed by atoms with van der Waals surface area (Å²) >= 11 is 0. The lowest BCUT2D eigenvalue weighted by Gasteiger charge is -2.24. The van der Waals surface area contributed by atoms with Crippen molar-refractivity contribution in [3.63, 3.8) is 0 Å². The van der Waals surface area contributed by atoms with E-state index < -0.39 is 0 Å². The van der Waals surface area contributed by atoms with Crippen molar-refractivity contribution in [1.82, 2.24) is 15.3 Å². The number of ether oxygens (including phenoxy) is 1. The highest BCUT2D eigenvalue weighted by Gasteiger charge is 2.22. The van der Waals surface area contributed by atoms with Crippen LogP contribution in [-0.4, -0.2) is 23.6 Å². The van der Waals surface area contributed by atoms with Crippen LogP contribution in [0, 0.1) is 0 Å². The SMILES string of the molecule is CNCc1cnc(C2COc3ccccc3C2)nc1. The van der Waals surface area contributed by atoms with Crippen LogP contribution in [0.2, 0.25) is 0 Å². The minimum absolute atomic E-state index is 0.249. The van der Waals surface area contributed by atoms with E-state index in [9.17, 15) is 0 Å². The van der Waals surface area contributed by atoms with Crippen molar-refractivity contribution in [3.05, 3.63) is 53.6 Å². The lowest BCUT2D eigenvalue weighted by Crippen LogP contribution is -2.21. The maximum Gasteiger partial charge on any atom is 0.135 e. The number of rotatable bonds is 3. The van der Waals surface area contributed by atoms with Crippen molar-refractivity contribution in [1.29, 1.82) is 0 Å². The largest absolute Gasteiger partial charge is 0.493 e. The van der Waals surface area contributed by atoms with E-state index in [1.165, 1.54) is 5.56 Å². The molecule has 19 heavy (non-hydrogen) atoms. The van der Waals surface area contributed by atoms with Gasteiger partial charge in [0.25, 0.3) is 0 Å². The molecule has 0 aliphatic carbocycles. The van der Waals surface area contributed by atoms with Gasteiger partial charge in [0.05, 0.1) is 12.5 Å². The van der Waals surface area contributed by atoms with Gasteiger partial charge in [-0.15, -0.1) is 0 Å².